The van der Waals surface area contributed by atoms with E-state index < -0.39 is 11.7 Å². The minimum absolute atomic E-state index is 0.110. The standard InChI is InChI=1S/C14H17ClN5O2P/c15-11-8-4-5-9-12(11)18-13(21)19(17-16-18)14(22)20(23)10-6-2-1-3-7-10/h4-5,8-10H,1-3,6-7,23H2. The Labute approximate surface area is 140 Å². The van der Waals surface area contributed by atoms with E-state index >= 15 is 0 Å². The zero-order valence-corrected chi connectivity index (χ0v) is 14.3. The summed E-state index contributed by atoms with van der Waals surface area (Å²) >= 11 is 6.07. The van der Waals surface area contributed by atoms with Crippen LogP contribution in [-0.4, -0.2) is 36.5 Å². The Balaban J connectivity index is 1.88. The van der Waals surface area contributed by atoms with Gasteiger partial charge in [-0.2, -0.15) is 4.68 Å². The maximum atomic E-state index is 12.5. The van der Waals surface area contributed by atoms with Gasteiger partial charge >= 0.3 is 11.7 Å². The Kier molecular flexibility index (Phi) is 4.78. The number of tetrazole rings is 1. The SMILES string of the molecule is O=C(N(P)C1CCCCC1)n1nnn(-c2ccccc2Cl)c1=O. The number of para-hydroxylation sites is 1. The van der Waals surface area contributed by atoms with E-state index in [0.717, 1.165) is 35.0 Å². The van der Waals surface area contributed by atoms with Gasteiger partial charge in [0, 0.05) is 6.04 Å². The summed E-state index contributed by atoms with van der Waals surface area (Å²) in [5.74, 6) is 0. The van der Waals surface area contributed by atoms with Crippen molar-refractivity contribution in [1.29, 1.82) is 0 Å². The lowest BCUT2D eigenvalue weighted by Crippen LogP contribution is -2.41. The molecule has 7 nitrogen and oxygen atoms in total. The topological polar surface area (TPSA) is 73.0 Å². The summed E-state index contributed by atoms with van der Waals surface area (Å²) in [5.41, 5.74) is -0.238. The van der Waals surface area contributed by atoms with Crippen molar-refractivity contribution in [3.05, 3.63) is 39.8 Å². The van der Waals surface area contributed by atoms with Crippen LogP contribution in [-0.2, 0) is 0 Å². The molecule has 1 aliphatic rings. The van der Waals surface area contributed by atoms with Crippen LogP contribution in [0.25, 0.3) is 5.69 Å². The first-order chi connectivity index (χ1) is 11.1. The van der Waals surface area contributed by atoms with E-state index in [1.165, 1.54) is 11.1 Å². The summed E-state index contributed by atoms with van der Waals surface area (Å²) in [4.78, 5) is 24.9. The number of amides is 1. The molecule has 0 spiro atoms. The molecule has 0 aliphatic heterocycles. The van der Waals surface area contributed by atoms with Crippen LogP contribution < -0.4 is 5.69 Å². The van der Waals surface area contributed by atoms with Crippen molar-refractivity contribution in [2.75, 3.05) is 0 Å². The minimum Gasteiger partial charge on any atom is -0.304 e. The van der Waals surface area contributed by atoms with E-state index in [0.29, 0.717) is 10.7 Å². The van der Waals surface area contributed by atoms with Crippen molar-refractivity contribution in [2.45, 2.75) is 38.1 Å². The third-order valence-corrected chi connectivity index (χ3v) is 4.99. The van der Waals surface area contributed by atoms with Gasteiger partial charge in [0.15, 0.2) is 0 Å². The predicted octanol–water partition coefficient (Wildman–Crippen LogP) is 2.48. The first-order valence-electron chi connectivity index (χ1n) is 7.48. The lowest BCUT2D eigenvalue weighted by molar-refractivity contribution is 0.202. The summed E-state index contributed by atoms with van der Waals surface area (Å²) < 4.78 is 3.30. The Morgan fingerprint density at radius 3 is 2.61 bits per heavy atom. The number of rotatable bonds is 2. The Morgan fingerprint density at radius 2 is 1.91 bits per heavy atom. The molecule has 1 aromatic heterocycles. The zero-order chi connectivity index (χ0) is 16.4. The van der Waals surface area contributed by atoms with Gasteiger partial charge in [-0.3, -0.25) is 0 Å². The number of carbonyl (C=O) groups excluding carboxylic acids is 1. The van der Waals surface area contributed by atoms with Crippen LogP contribution in [0, 0.1) is 0 Å². The molecule has 122 valence electrons. The molecule has 1 aliphatic carbocycles. The van der Waals surface area contributed by atoms with Crippen molar-refractivity contribution in [1.82, 2.24) is 24.5 Å². The molecule has 1 unspecified atom stereocenters. The van der Waals surface area contributed by atoms with Gasteiger partial charge in [-0.15, -0.1) is 4.68 Å². The molecular formula is C14H17ClN5O2P. The predicted molar refractivity (Wildman–Crippen MR) is 89.8 cm³/mol. The van der Waals surface area contributed by atoms with Gasteiger partial charge in [-0.1, -0.05) is 43.0 Å². The van der Waals surface area contributed by atoms with Crippen LogP contribution in [0.4, 0.5) is 4.79 Å². The van der Waals surface area contributed by atoms with Crippen molar-refractivity contribution in [3.63, 3.8) is 0 Å². The van der Waals surface area contributed by atoms with Crippen molar-refractivity contribution < 1.29 is 4.79 Å². The van der Waals surface area contributed by atoms with E-state index in [-0.39, 0.29) is 6.04 Å². The molecule has 3 rings (SSSR count). The molecule has 1 heterocycles. The Bertz CT molecular complexity index is 769. The number of hydrogen-bond donors (Lipinski definition) is 0. The second-order valence-electron chi connectivity index (χ2n) is 5.52. The highest BCUT2D eigenvalue weighted by molar-refractivity contribution is 7.14. The summed E-state index contributed by atoms with van der Waals surface area (Å²) in [7, 11) is 2.40. The highest BCUT2D eigenvalue weighted by atomic mass is 35.5. The number of halogens is 1. The van der Waals surface area contributed by atoms with E-state index in [1.807, 2.05) is 0 Å². The van der Waals surface area contributed by atoms with Crippen LogP contribution in [0.2, 0.25) is 5.02 Å². The quantitative estimate of drug-likeness (QED) is 0.614. The maximum Gasteiger partial charge on any atom is 0.377 e. The second-order valence-corrected chi connectivity index (χ2v) is 6.48. The van der Waals surface area contributed by atoms with E-state index in [9.17, 15) is 9.59 Å². The number of hydrogen-bond acceptors (Lipinski definition) is 4. The fraction of sp³-hybridized carbons (Fsp3) is 0.429. The summed E-state index contributed by atoms with van der Waals surface area (Å²) in [5, 5.41) is 7.84. The van der Waals surface area contributed by atoms with Crippen molar-refractivity contribution in [3.8, 4) is 5.69 Å². The second kappa shape index (κ2) is 6.81. The normalized spacial score (nSPS) is 15.6. The molecule has 1 amide bonds. The third-order valence-electron chi connectivity index (χ3n) is 4.03. The van der Waals surface area contributed by atoms with Gasteiger partial charge in [0.1, 0.15) is 0 Å². The lowest BCUT2D eigenvalue weighted by Gasteiger charge is -2.29. The fourth-order valence-corrected chi connectivity index (χ4v) is 3.39. The molecule has 9 heteroatoms. The van der Waals surface area contributed by atoms with Gasteiger partial charge in [0.2, 0.25) is 0 Å². The first kappa shape index (κ1) is 16.1. The number of benzene rings is 1. The summed E-state index contributed by atoms with van der Waals surface area (Å²) in [6.45, 7) is 0. The smallest absolute Gasteiger partial charge is 0.304 e. The number of aromatic nitrogens is 4. The third kappa shape index (κ3) is 3.16. The average molecular weight is 354 g/mol. The van der Waals surface area contributed by atoms with E-state index in [4.69, 9.17) is 11.6 Å². The molecule has 1 atom stereocenters. The summed E-state index contributed by atoms with van der Waals surface area (Å²) in [6, 6.07) is 6.39. The lowest BCUT2D eigenvalue weighted by atomic mass is 9.96. The van der Waals surface area contributed by atoms with Gasteiger partial charge in [-0.05, 0) is 44.8 Å². The van der Waals surface area contributed by atoms with E-state index in [1.54, 1.807) is 24.3 Å². The van der Waals surface area contributed by atoms with Crippen molar-refractivity contribution in [2.24, 2.45) is 0 Å². The van der Waals surface area contributed by atoms with Gasteiger partial charge in [0.25, 0.3) is 0 Å². The van der Waals surface area contributed by atoms with Gasteiger partial charge in [-0.25, -0.2) is 9.59 Å². The monoisotopic (exact) mass is 353 g/mol. The number of nitrogens with zero attached hydrogens (tertiary/aromatic N) is 5. The fourth-order valence-electron chi connectivity index (χ4n) is 2.77. The van der Waals surface area contributed by atoms with Crippen LogP contribution in [0.15, 0.2) is 29.1 Å². The molecule has 1 saturated carbocycles. The van der Waals surface area contributed by atoms with Crippen LogP contribution in [0.1, 0.15) is 32.1 Å². The molecule has 0 bridgehead atoms. The largest absolute Gasteiger partial charge is 0.377 e. The van der Waals surface area contributed by atoms with Crippen LogP contribution >= 0.6 is 21.0 Å². The number of carbonyl (C=O) groups is 1. The van der Waals surface area contributed by atoms with Crippen molar-refractivity contribution >= 4 is 27.0 Å². The molecule has 0 radical (unpaired) electrons. The molecule has 2 aromatic rings. The Morgan fingerprint density at radius 1 is 1.22 bits per heavy atom. The highest BCUT2D eigenvalue weighted by Gasteiger charge is 2.26. The molecular weight excluding hydrogens is 337 g/mol. The van der Waals surface area contributed by atoms with Crippen LogP contribution in [0.3, 0.4) is 0 Å². The highest BCUT2D eigenvalue weighted by Crippen LogP contribution is 2.25. The molecule has 1 aromatic carbocycles. The first-order valence-corrected chi connectivity index (χ1v) is 8.37. The van der Waals surface area contributed by atoms with E-state index in [2.05, 4.69) is 19.8 Å². The molecule has 0 N–H and O–H groups in total. The molecule has 0 saturated heterocycles. The maximum absolute atomic E-state index is 12.5. The van der Waals surface area contributed by atoms with Gasteiger partial charge in [0.05, 0.1) is 10.7 Å². The van der Waals surface area contributed by atoms with Crippen LogP contribution in [0.5, 0.6) is 0 Å². The minimum atomic E-state index is -0.633. The molecule has 23 heavy (non-hydrogen) atoms. The zero-order valence-electron chi connectivity index (χ0n) is 12.4. The van der Waals surface area contributed by atoms with Gasteiger partial charge < -0.3 is 4.67 Å². The summed E-state index contributed by atoms with van der Waals surface area (Å²) in [6.07, 6.45) is 5.23. The Hall–Kier alpha value is -1.72. The average Bonchev–Trinajstić information content (AvgIpc) is 2.96. The molecule has 1 fully saturated rings.